The summed E-state index contributed by atoms with van der Waals surface area (Å²) in [5, 5.41) is 0. The van der Waals surface area contributed by atoms with Crippen molar-refractivity contribution in [3.05, 3.63) is 59.7 Å². The predicted octanol–water partition coefficient (Wildman–Crippen LogP) is 4.67. The van der Waals surface area contributed by atoms with Crippen LogP contribution in [0.2, 0.25) is 0 Å². The highest BCUT2D eigenvalue weighted by Crippen LogP contribution is 2.29. The molecule has 0 saturated carbocycles. The number of benzene rings is 2. The van der Waals surface area contributed by atoms with E-state index in [4.69, 9.17) is 14.2 Å². The van der Waals surface area contributed by atoms with Crippen LogP contribution in [0.3, 0.4) is 0 Å². The second-order valence-corrected chi connectivity index (χ2v) is 5.32. The number of aryl methyl sites for hydroxylation is 1. The Bertz CT molecular complexity index is 717. The maximum Gasteiger partial charge on any atom is 0.336 e. The standard InChI is InChI=1S/C21H24O4/c1-4-16-7-11-18(12-8-16)25-21(22)14-10-17-9-13-19(23-5-2)20(15-17)24-6-3/h7-15H,4-6H2,1-3H3. The van der Waals surface area contributed by atoms with Gasteiger partial charge >= 0.3 is 5.97 Å². The molecule has 0 unspecified atom stereocenters. The van der Waals surface area contributed by atoms with Gasteiger partial charge in [-0.05, 0) is 61.7 Å². The Kier molecular flexibility index (Phi) is 7.08. The lowest BCUT2D eigenvalue weighted by molar-refractivity contribution is -0.128. The van der Waals surface area contributed by atoms with Gasteiger partial charge in [0.15, 0.2) is 11.5 Å². The van der Waals surface area contributed by atoms with E-state index < -0.39 is 5.97 Å². The zero-order chi connectivity index (χ0) is 18.1. The fraction of sp³-hybridized carbons (Fsp3) is 0.286. The van der Waals surface area contributed by atoms with Gasteiger partial charge < -0.3 is 14.2 Å². The van der Waals surface area contributed by atoms with Crippen molar-refractivity contribution in [2.45, 2.75) is 27.2 Å². The second-order valence-electron chi connectivity index (χ2n) is 5.32. The Morgan fingerprint density at radius 3 is 2.24 bits per heavy atom. The number of carbonyl (C=O) groups excluding carboxylic acids is 1. The summed E-state index contributed by atoms with van der Waals surface area (Å²) < 4.78 is 16.4. The highest BCUT2D eigenvalue weighted by Gasteiger charge is 2.06. The van der Waals surface area contributed by atoms with Crippen LogP contribution in [0, 0.1) is 0 Å². The minimum Gasteiger partial charge on any atom is -0.490 e. The van der Waals surface area contributed by atoms with E-state index in [0.717, 1.165) is 12.0 Å². The van der Waals surface area contributed by atoms with Gasteiger partial charge in [-0.1, -0.05) is 25.1 Å². The highest BCUT2D eigenvalue weighted by atomic mass is 16.5. The first kappa shape index (κ1) is 18.6. The third-order valence-electron chi connectivity index (χ3n) is 3.53. The lowest BCUT2D eigenvalue weighted by Crippen LogP contribution is -2.03. The minimum atomic E-state index is -0.420. The van der Waals surface area contributed by atoms with Crippen molar-refractivity contribution in [1.82, 2.24) is 0 Å². The van der Waals surface area contributed by atoms with E-state index in [0.29, 0.717) is 30.5 Å². The molecule has 0 aliphatic carbocycles. The van der Waals surface area contributed by atoms with Crippen LogP contribution in [0.25, 0.3) is 6.08 Å². The molecule has 0 aliphatic rings. The Morgan fingerprint density at radius 1 is 0.920 bits per heavy atom. The lowest BCUT2D eigenvalue weighted by atomic mass is 10.2. The fourth-order valence-corrected chi connectivity index (χ4v) is 2.28. The number of ether oxygens (including phenoxy) is 3. The quantitative estimate of drug-likeness (QED) is 0.398. The highest BCUT2D eigenvalue weighted by molar-refractivity contribution is 5.88. The SMILES string of the molecule is CCOc1ccc(C=CC(=O)Oc2ccc(CC)cc2)cc1OCC. The number of rotatable bonds is 8. The van der Waals surface area contributed by atoms with Crippen LogP contribution in [0.5, 0.6) is 17.2 Å². The number of carbonyl (C=O) groups is 1. The molecule has 25 heavy (non-hydrogen) atoms. The number of hydrogen-bond donors (Lipinski definition) is 0. The smallest absolute Gasteiger partial charge is 0.336 e. The van der Waals surface area contributed by atoms with Crippen LogP contribution in [0.15, 0.2) is 48.5 Å². The molecule has 0 atom stereocenters. The normalized spacial score (nSPS) is 10.7. The van der Waals surface area contributed by atoms with Crippen molar-refractivity contribution in [2.24, 2.45) is 0 Å². The monoisotopic (exact) mass is 340 g/mol. The molecule has 0 N–H and O–H groups in total. The molecule has 0 amide bonds. The molecule has 0 bridgehead atoms. The molecule has 0 aliphatic heterocycles. The summed E-state index contributed by atoms with van der Waals surface area (Å²) in [5.41, 5.74) is 2.04. The van der Waals surface area contributed by atoms with E-state index in [1.807, 2.05) is 44.2 Å². The molecule has 4 nitrogen and oxygen atoms in total. The molecular formula is C21H24O4. The first-order chi connectivity index (χ1) is 12.2. The third kappa shape index (κ3) is 5.68. The third-order valence-corrected chi connectivity index (χ3v) is 3.53. The van der Waals surface area contributed by atoms with Crippen molar-refractivity contribution in [3.63, 3.8) is 0 Å². The van der Waals surface area contributed by atoms with Gasteiger partial charge in [0.1, 0.15) is 5.75 Å². The summed E-state index contributed by atoms with van der Waals surface area (Å²) in [6.07, 6.45) is 4.05. The average Bonchev–Trinajstić information content (AvgIpc) is 2.63. The maximum atomic E-state index is 12.0. The van der Waals surface area contributed by atoms with E-state index in [2.05, 4.69) is 6.92 Å². The van der Waals surface area contributed by atoms with Crippen molar-refractivity contribution in [2.75, 3.05) is 13.2 Å². The molecule has 0 heterocycles. The predicted molar refractivity (Wildman–Crippen MR) is 99.3 cm³/mol. The molecule has 2 aromatic carbocycles. The van der Waals surface area contributed by atoms with Crippen LogP contribution in [-0.4, -0.2) is 19.2 Å². The molecule has 0 saturated heterocycles. The van der Waals surface area contributed by atoms with E-state index in [1.165, 1.54) is 11.6 Å². The van der Waals surface area contributed by atoms with Gasteiger partial charge in [0.05, 0.1) is 13.2 Å². The summed E-state index contributed by atoms with van der Waals surface area (Å²) in [7, 11) is 0. The molecule has 0 radical (unpaired) electrons. The Morgan fingerprint density at radius 2 is 1.60 bits per heavy atom. The summed E-state index contributed by atoms with van der Waals surface area (Å²) in [4.78, 5) is 12.0. The Labute approximate surface area is 149 Å². The summed E-state index contributed by atoms with van der Waals surface area (Å²) in [6.45, 7) is 7.03. The van der Waals surface area contributed by atoms with E-state index in [1.54, 1.807) is 18.2 Å². The van der Waals surface area contributed by atoms with Gasteiger partial charge in [-0.3, -0.25) is 0 Å². The van der Waals surface area contributed by atoms with Crippen molar-refractivity contribution < 1.29 is 19.0 Å². The number of esters is 1. The topological polar surface area (TPSA) is 44.8 Å². The van der Waals surface area contributed by atoms with Crippen LogP contribution >= 0.6 is 0 Å². The van der Waals surface area contributed by atoms with Gasteiger partial charge in [0.25, 0.3) is 0 Å². The first-order valence-corrected chi connectivity index (χ1v) is 8.54. The van der Waals surface area contributed by atoms with E-state index >= 15 is 0 Å². The first-order valence-electron chi connectivity index (χ1n) is 8.54. The van der Waals surface area contributed by atoms with Crippen molar-refractivity contribution in [1.29, 1.82) is 0 Å². The molecule has 0 spiro atoms. The molecular weight excluding hydrogens is 316 g/mol. The fourth-order valence-electron chi connectivity index (χ4n) is 2.28. The lowest BCUT2D eigenvalue weighted by Gasteiger charge is -2.11. The molecule has 2 aromatic rings. The molecule has 132 valence electrons. The van der Waals surface area contributed by atoms with Crippen LogP contribution in [0.1, 0.15) is 31.9 Å². The van der Waals surface area contributed by atoms with Gasteiger partial charge in [-0.2, -0.15) is 0 Å². The van der Waals surface area contributed by atoms with Gasteiger partial charge in [0, 0.05) is 6.08 Å². The van der Waals surface area contributed by atoms with E-state index in [-0.39, 0.29) is 0 Å². The second kappa shape index (κ2) is 9.52. The molecule has 2 rings (SSSR count). The molecule has 4 heteroatoms. The number of hydrogen-bond acceptors (Lipinski definition) is 4. The maximum absolute atomic E-state index is 12.0. The van der Waals surface area contributed by atoms with Crippen LogP contribution in [0.4, 0.5) is 0 Å². The van der Waals surface area contributed by atoms with Gasteiger partial charge in [-0.15, -0.1) is 0 Å². The Balaban J connectivity index is 2.04. The zero-order valence-electron chi connectivity index (χ0n) is 15.0. The van der Waals surface area contributed by atoms with E-state index in [9.17, 15) is 4.79 Å². The largest absolute Gasteiger partial charge is 0.490 e. The molecule has 0 fully saturated rings. The van der Waals surface area contributed by atoms with Crippen LogP contribution < -0.4 is 14.2 Å². The summed E-state index contributed by atoms with van der Waals surface area (Å²) in [6, 6.07) is 13.0. The van der Waals surface area contributed by atoms with Crippen molar-refractivity contribution >= 4 is 12.0 Å². The average molecular weight is 340 g/mol. The zero-order valence-corrected chi connectivity index (χ0v) is 15.0. The minimum absolute atomic E-state index is 0.420. The molecule has 0 aromatic heterocycles. The van der Waals surface area contributed by atoms with Crippen molar-refractivity contribution in [3.8, 4) is 17.2 Å². The van der Waals surface area contributed by atoms with Gasteiger partial charge in [-0.25, -0.2) is 4.79 Å². The summed E-state index contributed by atoms with van der Waals surface area (Å²) in [5.74, 6) is 1.47. The van der Waals surface area contributed by atoms with Gasteiger partial charge in [0.2, 0.25) is 0 Å². The Hall–Kier alpha value is -2.75. The summed E-state index contributed by atoms with van der Waals surface area (Å²) >= 11 is 0. The van der Waals surface area contributed by atoms with Crippen LogP contribution in [-0.2, 0) is 11.2 Å².